The van der Waals surface area contributed by atoms with Crippen molar-refractivity contribution in [1.82, 2.24) is 15.0 Å². The van der Waals surface area contributed by atoms with Crippen LogP contribution in [-0.4, -0.2) is 32.2 Å². The first-order chi connectivity index (χ1) is 11.5. The van der Waals surface area contributed by atoms with Gasteiger partial charge in [0.05, 0.1) is 12.7 Å². The average molecular weight is 321 g/mol. The fourth-order valence-corrected chi connectivity index (χ4v) is 2.53. The Bertz CT molecular complexity index is 796. The first kappa shape index (κ1) is 16.4. The maximum atomic E-state index is 9.13. The van der Waals surface area contributed by atoms with Gasteiger partial charge in [0.2, 0.25) is 0 Å². The minimum atomic E-state index is -1.46. The van der Waals surface area contributed by atoms with Crippen molar-refractivity contribution >= 4 is 12.6 Å². The van der Waals surface area contributed by atoms with Gasteiger partial charge in [-0.25, -0.2) is 4.68 Å². The highest BCUT2D eigenvalue weighted by Crippen LogP contribution is 2.17. The fraction of sp³-hybridized carbons (Fsp3) is 0.222. The van der Waals surface area contributed by atoms with Crippen molar-refractivity contribution in [3.8, 4) is 11.3 Å². The molecule has 2 N–H and O–H groups in total. The molecule has 0 radical (unpaired) electrons. The highest BCUT2D eigenvalue weighted by atomic mass is 16.4. The summed E-state index contributed by atoms with van der Waals surface area (Å²) >= 11 is 0. The molecule has 2 aromatic carbocycles. The van der Waals surface area contributed by atoms with E-state index in [1.54, 1.807) is 28.9 Å². The van der Waals surface area contributed by atoms with Crippen molar-refractivity contribution in [2.75, 3.05) is 0 Å². The van der Waals surface area contributed by atoms with E-state index in [0.717, 1.165) is 11.3 Å². The largest absolute Gasteiger partial charge is 0.488 e. The molecular formula is C18H20BN3O2. The Morgan fingerprint density at radius 2 is 1.67 bits per heavy atom. The van der Waals surface area contributed by atoms with E-state index < -0.39 is 7.12 Å². The zero-order valence-electron chi connectivity index (χ0n) is 13.8. The van der Waals surface area contributed by atoms with E-state index in [-0.39, 0.29) is 0 Å². The van der Waals surface area contributed by atoms with Gasteiger partial charge < -0.3 is 10.0 Å². The summed E-state index contributed by atoms with van der Waals surface area (Å²) in [5.41, 5.74) is 4.60. The van der Waals surface area contributed by atoms with Crippen LogP contribution < -0.4 is 5.46 Å². The van der Waals surface area contributed by atoms with Crippen LogP contribution in [0, 0.1) is 0 Å². The topological polar surface area (TPSA) is 71.2 Å². The van der Waals surface area contributed by atoms with Crippen LogP contribution in [-0.2, 0) is 6.54 Å². The second kappa shape index (κ2) is 6.99. The Morgan fingerprint density at radius 3 is 2.25 bits per heavy atom. The number of nitrogens with zero attached hydrogens (tertiary/aromatic N) is 3. The summed E-state index contributed by atoms with van der Waals surface area (Å²) in [6.07, 6.45) is 1.89. The zero-order valence-corrected chi connectivity index (χ0v) is 13.8. The summed E-state index contributed by atoms with van der Waals surface area (Å²) in [7, 11) is -1.46. The van der Waals surface area contributed by atoms with Crippen LogP contribution in [0.5, 0.6) is 0 Å². The van der Waals surface area contributed by atoms with Crippen LogP contribution in [0.4, 0.5) is 0 Å². The zero-order chi connectivity index (χ0) is 17.1. The molecule has 0 spiro atoms. The van der Waals surface area contributed by atoms with Crippen LogP contribution in [0.1, 0.15) is 30.9 Å². The molecule has 6 heteroatoms. The quantitative estimate of drug-likeness (QED) is 0.703. The first-order valence-corrected chi connectivity index (χ1v) is 7.98. The van der Waals surface area contributed by atoms with Crippen molar-refractivity contribution in [2.24, 2.45) is 0 Å². The summed E-state index contributed by atoms with van der Waals surface area (Å²) in [5, 5.41) is 26.6. The maximum Gasteiger partial charge on any atom is 0.488 e. The van der Waals surface area contributed by atoms with E-state index in [2.05, 4.69) is 48.4 Å². The monoisotopic (exact) mass is 321 g/mol. The van der Waals surface area contributed by atoms with E-state index in [9.17, 15) is 0 Å². The smallest absolute Gasteiger partial charge is 0.423 e. The lowest BCUT2D eigenvalue weighted by Gasteiger charge is -2.06. The number of rotatable bonds is 5. The Kier molecular flexibility index (Phi) is 4.78. The van der Waals surface area contributed by atoms with Crippen molar-refractivity contribution in [1.29, 1.82) is 0 Å². The number of hydrogen-bond donors (Lipinski definition) is 2. The van der Waals surface area contributed by atoms with Crippen LogP contribution in [0.15, 0.2) is 54.7 Å². The van der Waals surface area contributed by atoms with Gasteiger partial charge in [0.15, 0.2) is 0 Å². The molecule has 0 fully saturated rings. The van der Waals surface area contributed by atoms with Gasteiger partial charge in [-0.1, -0.05) is 67.6 Å². The highest BCUT2D eigenvalue weighted by molar-refractivity contribution is 6.58. The molecule has 0 bridgehead atoms. The normalized spacial score (nSPS) is 11.0. The summed E-state index contributed by atoms with van der Waals surface area (Å²) in [6, 6.07) is 15.5. The minimum Gasteiger partial charge on any atom is -0.423 e. The van der Waals surface area contributed by atoms with Crippen molar-refractivity contribution in [3.63, 3.8) is 0 Å². The SMILES string of the molecule is CC(C)c1ccc(Cn2cc(-c3ccc(B(O)O)cc3)nn2)cc1. The van der Waals surface area contributed by atoms with Gasteiger partial charge >= 0.3 is 7.12 Å². The minimum absolute atomic E-state index is 0.455. The third-order valence-corrected chi connectivity index (χ3v) is 4.03. The van der Waals surface area contributed by atoms with E-state index in [1.807, 2.05) is 6.20 Å². The standard InChI is InChI=1S/C18H20BN3O2/c1-13(2)15-5-3-14(4-6-15)11-22-12-18(20-21-22)16-7-9-17(10-8-16)19(23)24/h3-10,12-13,23-24H,11H2,1-2H3. The van der Waals surface area contributed by atoms with Gasteiger partial charge in [0.25, 0.3) is 0 Å². The molecule has 122 valence electrons. The Labute approximate surface area is 141 Å². The Balaban J connectivity index is 1.73. The maximum absolute atomic E-state index is 9.13. The molecular weight excluding hydrogens is 301 g/mol. The summed E-state index contributed by atoms with van der Waals surface area (Å²) in [5.74, 6) is 0.525. The molecule has 1 aromatic heterocycles. The van der Waals surface area contributed by atoms with Crippen molar-refractivity contribution < 1.29 is 10.0 Å². The van der Waals surface area contributed by atoms with Crippen LogP contribution in [0.25, 0.3) is 11.3 Å². The van der Waals surface area contributed by atoms with Crippen molar-refractivity contribution in [3.05, 3.63) is 65.9 Å². The summed E-state index contributed by atoms with van der Waals surface area (Å²) < 4.78 is 1.80. The van der Waals surface area contributed by atoms with Gasteiger partial charge in [0, 0.05) is 5.56 Å². The molecule has 0 atom stereocenters. The first-order valence-electron chi connectivity index (χ1n) is 7.98. The number of hydrogen-bond acceptors (Lipinski definition) is 4. The molecule has 0 saturated heterocycles. The van der Waals surface area contributed by atoms with Crippen LogP contribution in [0.2, 0.25) is 0 Å². The molecule has 3 aromatic rings. The van der Waals surface area contributed by atoms with Crippen LogP contribution in [0.3, 0.4) is 0 Å². The van der Waals surface area contributed by atoms with Gasteiger partial charge in [-0.15, -0.1) is 5.10 Å². The number of aromatic nitrogens is 3. The Morgan fingerprint density at radius 1 is 1.00 bits per heavy atom. The van der Waals surface area contributed by atoms with Crippen molar-refractivity contribution in [2.45, 2.75) is 26.3 Å². The number of benzene rings is 2. The fourth-order valence-electron chi connectivity index (χ4n) is 2.53. The van der Waals surface area contributed by atoms with Gasteiger partial charge in [0.1, 0.15) is 5.69 Å². The van der Waals surface area contributed by atoms with Gasteiger partial charge in [-0.05, 0) is 22.5 Å². The molecule has 0 unspecified atom stereocenters. The lowest BCUT2D eigenvalue weighted by molar-refractivity contribution is 0.426. The van der Waals surface area contributed by atoms with E-state index in [1.165, 1.54) is 11.1 Å². The lowest BCUT2D eigenvalue weighted by atomic mass is 9.80. The molecule has 0 aliphatic carbocycles. The van der Waals surface area contributed by atoms with E-state index in [0.29, 0.717) is 17.9 Å². The second-order valence-electron chi connectivity index (χ2n) is 6.19. The lowest BCUT2D eigenvalue weighted by Crippen LogP contribution is -2.29. The van der Waals surface area contributed by atoms with E-state index >= 15 is 0 Å². The highest BCUT2D eigenvalue weighted by Gasteiger charge is 2.11. The second-order valence-corrected chi connectivity index (χ2v) is 6.19. The third kappa shape index (κ3) is 3.72. The molecule has 0 amide bonds. The van der Waals surface area contributed by atoms with Gasteiger partial charge in [-0.3, -0.25) is 0 Å². The average Bonchev–Trinajstić information content (AvgIpc) is 3.04. The van der Waals surface area contributed by atoms with Gasteiger partial charge in [-0.2, -0.15) is 0 Å². The molecule has 0 saturated carbocycles. The molecule has 5 nitrogen and oxygen atoms in total. The Hall–Kier alpha value is -2.44. The molecule has 24 heavy (non-hydrogen) atoms. The summed E-state index contributed by atoms with van der Waals surface area (Å²) in [4.78, 5) is 0. The third-order valence-electron chi connectivity index (χ3n) is 4.03. The summed E-state index contributed by atoms with van der Waals surface area (Å²) in [6.45, 7) is 5.03. The van der Waals surface area contributed by atoms with Crippen LogP contribution >= 0.6 is 0 Å². The molecule has 0 aliphatic heterocycles. The van der Waals surface area contributed by atoms with E-state index in [4.69, 9.17) is 10.0 Å². The molecule has 1 heterocycles. The molecule has 3 rings (SSSR count). The predicted octanol–water partition coefficient (Wildman–Crippen LogP) is 1.80. The predicted molar refractivity (Wildman–Crippen MR) is 94.9 cm³/mol. The molecule has 0 aliphatic rings.